The van der Waals surface area contributed by atoms with E-state index >= 15 is 0 Å². The minimum Gasteiger partial charge on any atom is -0.473 e. The van der Waals surface area contributed by atoms with Crippen LogP contribution in [0, 0.1) is 41.5 Å². The summed E-state index contributed by atoms with van der Waals surface area (Å²) in [5.74, 6) is 0.662. The number of rotatable bonds is 18. The number of pyridine rings is 2. The van der Waals surface area contributed by atoms with Crippen molar-refractivity contribution in [2.75, 3.05) is 89.6 Å². The van der Waals surface area contributed by atoms with E-state index in [1.807, 2.05) is 93.5 Å². The van der Waals surface area contributed by atoms with E-state index in [1.54, 1.807) is 24.8 Å². The van der Waals surface area contributed by atoms with Crippen molar-refractivity contribution < 1.29 is 37.8 Å². The fourth-order valence-corrected chi connectivity index (χ4v) is 13.5. The van der Waals surface area contributed by atoms with Gasteiger partial charge in [0.2, 0.25) is 11.8 Å². The molecule has 5 saturated heterocycles. The molecule has 9 heterocycles. The van der Waals surface area contributed by atoms with Gasteiger partial charge in [0, 0.05) is 152 Å². The molecule has 518 valence electrons. The topological polar surface area (TPSA) is 244 Å². The van der Waals surface area contributed by atoms with E-state index in [0.29, 0.717) is 57.4 Å². The number of aryl methyl sites for hydroxylation is 4. The Kier molecular flexibility index (Phi) is 25.2. The molecule has 0 aliphatic carbocycles. The lowest BCUT2D eigenvalue weighted by atomic mass is 9.85. The molecule has 24 heteroatoms. The molecule has 6 aromatic rings. The SMILES string of the molecule is CCN(c1cc(-c2cnc(OC3CCN(C)CC3)cn2)cc(C(=O)NCc2c(C)cc(C)[nH]c2=O)c1C)C1CCOCC1.CCN(c1cc(Br)cc(C(=O)NCc2c(C)cc(C)[nH]c2=O)c1C)C1CCOCC1.CN1CCC(Oc2cnc(B3OC(C)(C)C(C)(C)O3)cn2)CC1. The van der Waals surface area contributed by atoms with Gasteiger partial charge < -0.3 is 68.5 Å². The quantitative estimate of drug-likeness (QED) is 0.0586. The molecule has 22 nitrogen and oxygen atoms in total. The van der Waals surface area contributed by atoms with E-state index < -0.39 is 7.12 Å². The Morgan fingerprint density at radius 1 is 0.594 bits per heavy atom. The number of aromatic nitrogens is 6. The summed E-state index contributed by atoms with van der Waals surface area (Å²) in [7, 11) is 3.78. The van der Waals surface area contributed by atoms with Gasteiger partial charge in [-0.2, -0.15) is 0 Å². The number of carbonyl (C=O) groups is 2. The van der Waals surface area contributed by atoms with Crippen molar-refractivity contribution in [3.8, 4) is 23.0 Å². The van der Waals surface area contributed by atoms with Crippen molar-refractivity contribution in [2.24, 2.45) is 0 Å². The highest BCUT2D eigenvalue weighted by Crippen LogP contribution is 2.38. The first kappa shape index (κ1) is 73.2. The predicted octanol–water partition coefficient (Wildman–Crippen LogP) is 9.41. The molecular weight excluding hydrogens is 1280 g/mol. The number of ether oxygens (including phenoxy) is 4. The molecule has 0 atom stereocenters. The van der Waals surface area contributed by atoms with Gasteiger partial charge in [-0.05, 0) is 207 Å². The van der Waals surface area contributed by atoms with Gasteiger partial charge >= 0.3 is 7.12 Å². The third-order valence-electron chi connectivity index (χ3n) is 19.6. The van der Waals surface area contributed by atoms with Crippen LogP contribution in [-0.2, 0) is 31.9 Å². The number of nitrogens with zero attached hydrogens (tertiary/aromatic N) is 8. The Morgan fingerprint density at radius 2 is 1.02 bits per heavy atom. The van der Waals surface area contributed by atoms with Gasteiger partial charge in [0.1, 0.15) is 12.2 Å². The average molecular weight is 1380 g/mol. The van der Waals surface area contributed by atoms with Crippen molar-refractivity contribution in [1.82, 2.24) is 50.3 Å². The maximum Gasteiger partial charge on any atom is 0.516 e. The lowest BCUT2D eigenvalue weighted by Gasteiger charge is -2.37. The molecule has 96 heavy (non-hydrogen) atoms. The molecule has 0 unspecified atom stereocenters. The van der Waals surface area contributed by atoms with Gasteiger partial charge in [0.15, 0.2) is 0 Å². The molecule has 0 bridgehead atoms. The molecule has 5 aliphatic rings. The second kappa shape index (κ2) is 33.0. The standard InChI is InChI=1S/C33H44N6O4.C23H30BrN3O3.C16H26BN3O3/c1-6-39(25-9-13-42-14-10-25)30-17-24(29-19-35-31(20-34-29)43-26-7-11-38(5)12-8-26)16-27(23(30)4)32(40)36-18-28-21(2)15-22(3)37-33(28)41;1-5-27(18-6-8-30-9-7-18)21-12-17(24)11-19(16(21)4)22(28)25-13-20-14(2)10-15(3)26-23(20)29;1-15(2)16(3,4)23-17(22-15)13-10-19-14(11-18-13)21-12-6-8-20(5)9-7-12/h15-17,19-20,25-26H,6-14,18H2,1-5H3,(H,36,40)(H,37,41);10-12,18H,5-9,13H2,1-4H3,(H,25,28)(H,26,29);10-12H,6-9H2,1-5H3. The smallest absolute Gasteiger partial charge is 0.473 e. The molecule has 11 rings (SSSR count). The van der Waals surface area contributed by atoms with Crippen molar-refractivity contribution in [3.05, 3.63) is 142 Å². The molecule has 2 amide bonds. The van der Waals surface area contributed by atoms with Crippen molar-refractivity contribution in [3.63, 3.8) is 0 Å². The maximum atomic E-state index is 13.7. The van der Waals surface area contributed by atoms with Gasteiger partial charge in [-0.1, -0.05) is 15.9 Å². The number of H-pyrrole nitrogens is 2. The Hall–Kier alpha value is -7.06. The zero-order chi connectivity index (χ0) is 69.0. The summed E-state index contributed by atoms with van der Waals surface area (Å²) in [6, 6.07) is 12.5. The highest BCUT2D eigenvalue weighted by Gasteiger charge is 2.52. The fraction of sp³-hybridized carbons (Fsp3) is 0.556. The van der Waals surface area contributed by atoms with Crippen molar-refractivity contribution in [1.29, 1.82) is 0 Å². The minimum absolute atomic E-state index is 0.138. The lowest BCUT2D eigenvalue weighted by molar-refractivity contribution is 0.00578. The van der Waals surface area contributed by atoms with Crippen LogP contribution < -0.4 is 46.6 Å². The number of hydrogen-bond acceptors (Lipinski definition) is 18. The van der Waals surface area contributed by atoms with Crippen LogP contribution in [0.2, 0.25) is 0 Å². The number of likely N-dealkylation sites (tertiary alicyclic amines) is 2. The third kappa shape index (κ3) is 18.6. The van der Waals surface area contributed by atoms with E-state index in [4.69, 9.17) is 33.2 Å². The van der Waals surface area contributed by atoms with Crippen LogP contribution in [0.3, 0.4) is 0 Å². The molecule has 4 aromatic heterocycles. The highest BCUT2D eigenvalue weighted by atomic mass is 79.9. The maximum absolute atomic E-state index is 13.7. The third-order valence-corrected chi connectivity index (χ3v) is 20.0. The van der Waals surface area contributed by atoms with E-state index in [1.165, 1.54) is 0 Å². The van der Waals surface area contributed by atoms with E-state index in [-0.39, 0.29) is 59.4 Å². The molecule has 2 aromatic carbocycles. The van der Waals surface area contributed by atoms with Crippen molar-refractivity contribution >= 4 is 51.8 Å². The number of aromatic amines is 2. The first-order valence-corrected chi connectivity index (χ1v) is 34.9. The van der Waals surface area contributed by atoms with Gasteiger partial charge in [-0.25, -0.2) is 15.0 Å². The summed E-state index contributed by atoms with van der Waals surface area (Å²) in [5, 5.41) is 5.93. The molecule has 0 spiro atoms. The van der Waals surface area contributed by atoms with Crippen LogP contribution in [0.25, 0.3) is 11.3 Å². The number of piperidine rings is 2. The van der Waals surface area contributed by atoms with E-state index in [9.17, 15) is 19.2 Å². The van der Waals surface area contributed by atoms with Crippen LogP contribution in [0.1, 0.15) is 158 Å². The van der Waals surface area contributed by atoms with E-state index in [0.717, 1.165) is 172 Å². The first-order chi connectivity index (χ1) is 45.8. The minimum atomic E-state index is -0.482. The number of anilines is 2. The Labute approximate surface area is 575 Å². The molecule has 5 aliphatic heterocycles. The first-order valence-electron chi connectivity index (χ1n) is 34.1. The van der Waals surface area contributed by atoms with Crippen LogP contribution in [-0.4, -0.2) is 174 Å². The number of nitrogens with one attached hydrogen (secondary N) is 4. The van der Waals surface area contributed by atoms with Crippen LogP contribution in [0.15, 0.2) is 75.2 Å². The van der Waals surface area contributed by atoms with Crippen LogP contribution in [0.5, 0.6) is 11.8 Å². The monoisotopic (exact) mass is 1380 g/mol. The molecule has 0 saturated carbocycles. The Morgan fingerprint density at radius 3 is 1.43 bits per heavy atom. The number of carbonyl (C=O) groups excluding carboxylic acids is 2. The van der Waals surface area contributed by atoms with Crippen LogP contribution in [0.4, 0.5) is 11.4 Å². The van der Waals surface area contributed by atoms with Gasteiger partial charge in [0.25, 0.3) is 22.9 Å². The molecule has 5 fully saturated rings. The number of benzene rings is 2. The zero-order valence-electron chi connectivity index (χ0n) is 58.8. The normalized spacial score (nSPS) is 18.0. The predicted molar refractivity (Wildman–Crippen MR) is 380 cm³/mol. The Balaban J connectivity index is 0.000000178. The number of hydrogen-bond donors (Lipinski definition) is 4. The summed E-state index contributed by atoms with van der Waals surface area (Å²) in [5.41, 5.74) is 10.6. The molecular formula is C72H100BBrN12O10. The van der Waals surface area contributed by atoms with Crippen molar-refractivity contribution in [2.45, 2.75) is 183 Å². The van der Waals surface area contributed by atoms with Gasteiger partial charge in [-0.15, -0.1) is 0 Å². The van der Waals surface area contributed by atoms with E-state index in [2.05, 4.69) is 111 Å². The molecule has 0 radical (unpaired) electrons. The number of amides is 2. The number of halogens is 1. The summed E-state index contributed by atoms with van der Waals surface area (Å²) in [6.07, 6.45) is 14.9. The largest absolute Gasteiger partial charge is 0.516 e. The lowest BCUT2D eigenvalue weighted by Crippen LogP contribution is -2.41. The average Bonchev–Trinajstić information content (AvgIpc) is 1.55. The molecule has 4 N–H and O–H groups in total. The fourth-order valence-electron chi connectivity index (χ4n) is 13.1. The van der Waals surface area contributed by atoms with Crippen LogP contribution >= 0.6 is 15.9 Å². The summed E-state index contributed by atoms with van der Waals surface area (Å²) in [4.78, 5) is 84.7. The summed E-state index contributed by atoms with van der Waals surface area (Å²) in [6.45, 7) is 32.9. The van der Waals surface area contributed by atoms with Gasteiger partial charge in [0.05, 0.1) is 41.1 Å². The summed E-state index contributed by atoms with van der Waals surface area (Å²) >= 11 is 3.58. The summed E-state index contributed by atoms with van der Waals surface area (Å²) < 4.78 is 36.0. The highest BCUT2D eigenvalue weighted by molar-refractivity contribution is 9.10. The Bertz CT molecular complexity index is 3710. The second-order valence-corrected chi connectivity index (χ2v) is 28.0. The second-order valence-electron chi connectivity index (χ2n) is 27.1. The van der Waals surface area contributed by atoms with Gasteiger partial charge in [-0.3, -0.25) is 24.2 Å². The zero-order valence-corrected chi connectivity index (χ0v) is 60.4.